The smallest absolute Gasteiger partial charge is 0.0507 e. The maximum Gasteiger partial charge on any atom is 0.0507 e. The molecule has 0 radical (unpaired) electrons. The van der Waals surface area contributed by atoms with E-state index in [-0.39, 0.29) is 0 Å². The van der Waals surface area contributed by atoms with Crippen molar-refractivity contribution in [3.8, 4) is 0 Å². The quantitative estimate of drug-likeness (QED) is 0.768. The summed E-state index contributed by atoms with van der Waals surface area (Å²) in [6, 6.07) is 0.732. The summed E-state index contributed by atoms with van der Waals surface area (Å²) in [6.45, 7) is 9.09. The van der Waals surface area contributed by atoms with Crippen LogP contribution in [0.25, 0.3) is 0 Å². The van der Waals surface area contributed by atoms with Gasteiger partial charge in [-0.1, -0.05) is 13.3 Å². The van der Waals surface area contributed by atoms with E-state index in [1.165, 1.54) is 51.9 Å². The van der Waals surface area contributed by atoms with Gasteiger partial charge in [0.05, 0.1) is 6.61 Å². The zero-order valence-corrected chi connectivity index (χ0v) is 10.6. The molecular formula is C13H26N2O. The fourth-order valence-electron chi connectivity index (χ4n) is 2.82. The van der Waals surface area contributed by atoms with Gasteiger partial charge >= 0.3 is 0 Å². The van der Waals surface area contributed by atoms with Gasteiger partial charge in [-0.2, -0.15) is 0 Å². The molecule has 3 heteroatoms. The minimum atomic E-state index is 0.732. The second kappa shape index (κ2) is 6.58. The average Bonchev–Trinajstić information content (AvgIpc) is 2.82. The van der Waals surface area contributed by atoms with E-state index in [1.807, 2.05) is 0 Å². The standard InChI is InChI=1S/C13H26N2O/c1-2-15(9-12-6-8-16-11-12)10-13-5-3-4-7-14-13/h12-14H,2-11H2,1H3. The summed E-state index contributed by atoms with van der Waals surface area (Å²) in [6.07, 6.45) is 5.38. The van der Waals surface area contributed by atoms with E-state index < -0.39 is 0 Å². The Balaban J connectivity index is 1.70. The molecule has 2 unspecified atom stereocenters. The summed E-state index contributed by atoms with van der Waals surface area (Å²) in [5.41, 5.74) is 0. The van der Waals surface area contributed by atoms with Crippen molar-refractivity contribution in [2.45, 2.75) is 38.6 Å². The summed E-state index contributed by atoms with van der Waals surface area (Å²) in [7, 11) is 0. The fraction of sp³-hybridized carbons (Fsp3) is 1.00. The SMILES string of the molecule is CCN(CC1CCOC1)CC1CCCCN1. The molecule has 0 spiro atoms. The Morgan fingerprint density at radius 1 is 1.25 bits per heavy atom. The van der Waals surface area contributed by atoms with Crippen LogP contribution in [0.1, 0.15) is 32.6 Å². The Labute approximate surface area is 99.5 Å². The van der Waals surface area contributed by atoms with Crippen molar-refractivity contribution in [2.24, 2.45) is 5.92 Å². The molecule has 2 heterocycles. The lowest BCUT2D eigenvalue weighted by Gasteiger charge is -2.31. The van der Waals surface area contributed by atoms with Crippen LogP contribution in [0.4, 0.5) is 0 Å². The fourth-order valence-corrected chi connectivity index (χ4v) is 2.82. The second-order valence-electron chi connectivity index (χ2n) is 5.23. The van der Waals surface area contributed by atoms with Crippen molar-refractivity contribution >= 4 is 0 Å². The molecule has 2 fully saturated rings. The highest BCUT2D eigenvalue weighted by molar-refractivity contribution is 4.77. The van der Waals surface area contributed by atoms with Gasteiger partial charge in [-0.25, -0.2) is 0 Å². The van der Waals surface area contributed by atoms with Gasteiger partial charge in [-0.3, -0.25) is 0 Å². The second-order valence-corrected chi connectivity index (χ2v) is 5.23. The summed E-state index contributed by atoms with van der Waals surface area (Å²) in [4.78, 5) is 2.60. The minimum Gasteiger partial charge on any atom is -0.381 e. The van der Waals surface area contributed by atoms with E-state index >= 15 is 0 Å². The first kappa shape index (κ1) is 12.3. The Hall–Kier alpha value is -0.120. The molecule has 0 aromatic carbocycles. The Kier molecular flexibility index (Phi) is 5.07. The van der Waals surface area contributed by atoms with Crippen LogP contribution in [-0.2, 0) is 4.74 Å². The van der Waals surface area contributed by atoms with Crippen molar-refractivity contribution in [3.63, 3.8) is 0 Å². The number of hydrogen-bond donors (Lipinski definition) is 1. The average molecular weight is 226 g/mol. The molecule has 2 aliphatic rings. The van der Waals surface area contributed by atoms with Crippen LogP contribution in [0.2, 0.25) is 0 Å². The van der Waals surface area contributed by atoms with Crippen molar-refractivity contribution in [2.75, 3.05) is 39.4 Å². The highest BCUT2D eigenvalue weighted by atomic mass is 16.5. The maximum absolute atomic E-state index is 5.45. The number of ether oxygens (including phenoxy) is 1. The third-order valence-electron chi connectivity index (χ3n) is 3.88. The molecule has 0 saturated carbocycles. The van der Waals surface area contributed by atoms with Gasteiger partial charge in [-0.15, -0.1) is 0 Å². The zero-order chi connectivity index (χ0) is 11.2. The Morgan fingerprint density at radius 2 is 2.19 bits per heavy atom. The van der Waals surface area contributed by atoms with Gasteiger partial charge in [0.1, 0.15) is 0 Å². The molecule has 2 aliphatic heterocycles. The third kappa shape index (κ3) is 3.72. The zero-order valence-electron chi connectivity index (χ0n) is 10.6. The van der Waals surface area contributed by atoms with Gasteiger partial charge in [0, 0.05) is 25.7 Å². The molecule has 0 aromatic heterocycles. The highest BCUT2D eigenvalue weighted by Crippen LogP contribution is 2.15. The largest absolute Gasteiger partial charge is 0.381 e. The van der Waals surface area contributed by atoms with Crippen LogP contribution in [0.15, 0.2) is 0 Å². The lowest BCUT2D eigenvalue weighted by atomic mass is 10.0. The van der Waals surface area contributed by atoms with Crippen LogP contribution in [-0.4, -0.2) is 50.3 Å². The molecule has 0 amide bonds. The lowest BCUT2D eigenvalue weighted by molar-refractivity contribution is 0.161. The number of nitrogens with one attached hydrogen (secondary N) is 1. The number of piperidine rings is 1. The molecule has 1 N–H and O–H groups in total. The molecule has 0 aliphatic carbocycles. The van der Waals surface area contributed by atoms with Crippen molar-refractivity contribution in [1.82, 2.24) is 10.2 Å². The monoisotopic (exact) mass is 226 g/mol. The van der Waals surface area contributed by atoms with E-state index in [9.17, 15) is 0 Å². The van der Waals surface area contributed by atoms with Crippen LogP contribution >= 0.6 is 0 Å². The highest BCUT2D eigenvalue weighted by Gasteiger charge is 2.21. The molecule has 2 saturated heterocycles. The van der Waals surface area contributed by atoms with Crippen molar-refractivity contribution in [1.29, 1.82) is 0 Å². The van der Waals surface area contributed by atoms with E-state index in [0.29, 0.717) is 0 Å². The molecule has 94 valence electrons. The van der Waals surface area contributed by atoms with Crippen molar-refractivity contribution < 1.29 is 4.74 Å². The predicted octanol–water partition coefficient (Wildman–Crippen LogP) is 1.49. The summed E-state index contributed by atoms with van der Waals surface area (Å²) in [5.74, 6) is 0.781. The van der Waals surface area contributed by atoms with Gasteiger partial charge in [0.15, 0.2) is 0 Å². The molecular weight excluding hydrogens is 200 g/mol. The number of hydrogen-bond acceptors (Lipinski definition) is 3. The lowest BCUT2D eigenvalue weighted by Crippen LogP contribution is -2.45. The van der Waals surface area contributed by atoms with Crippen LogP contribution < -0.4 is 5.32 Å². The number of likely N-dealkylation sites (N-methyl/N-ethyl adjacent to an activating group) is 1. The molecule has 3 nitrogen and oxygen atoms in total. The van der Waals surface area contributed by atoms with E-state index in [4.69, 9.17) is 4.74 Å². The van der Waals surface area contributed by atoms with E-state index in [2.05, 4.69) is 17.1 Å². The van der Waals surface area contributed by atoms with Crippen molar-refractivity contribution in [3.05, 3.63) is 0 Å². The van der Waals surface area contributed by atoms with Gasteiger partial charge in [0.25, 0.3) is 0 Å². The van der Waals surface area contributed by atoms with E-state index in [1.54, 1.807) is 0 Å². The third-order valence-corrected chi connectivity index (χ3v) is 3.88. The van der Waals surface area contributed by atoms with Gasteiger partial charge in [-0.05, 0) is 38.3 Å². The Bertz CT molecular complexity index is 186. The predicted molar refractivity (Wildman–Crippen MR) is 66.7 cm³/mol. The molecule has 0 aromatic rings. The van der Waals surface area contributed by atoms with E-state index in [0.717, 1.165) is 25.2 Å². The van der Waals surface area contributed by atoms with Gasteiger partial charge < -0.3 is 15.0 Å². The molecule has 16 heavy (non-hydrogen) atoms. The van der Waals surface area contributed by atoms with Crippen LogP contribution in [0.3, 0.4) is 0 Å². The first-order chi connectivity index (χ1) is 7.88. The van der Waals surface area contributed by atoms with Crippen LogP contribution in [0.5, 0.6) is 0 Å². The summed E-state index contributed by atoms with van der Waals surface area (Å²) >= 11 is 0. The van der Waals surface area contributed by atoms with Gasteiger partial charge in [0.2, 0.25) is 0 Å². The maximum atomic E-state index is 5.45. The number of rotatable bonds is 5. The molecule has 2 atom stereocenters. The minimum absolute atomic E-state index is 0.732. The normalized spacial score (nSPS) is 31.1. The molecule has 0 bridgehead atoms. The topological polar surface area (TPSA) is 24.5 Å². The first-order valence-corrected chi connectivity index (χ1v) is 6.92. The number of nitrogens with zero attached hydrogens (tertiary/aromatic N) is 1. The summed E-state index contributed by atoms with van der Waals surface area (Å²) in [5, 5.41) is 3.64. The van der Waals surface area contributed by atoms with Crippen LogP contribution in [0, 0.1) is 5.92 Å². The first-order valence-electron chi connectivity index (χ1n) is 6.92. The molecule has 2 rings (SSSR count). The Morgan fingerprint density at radius 3 is 2.81 bits per heavy atom. The summed E-state index contributed by atoms with van der Waals surface area (Å²) < 4.78 is 5.45.